The number of carbonyl (C=O) groups excluding carboxylic acids is 1. The molecule has 1 aliphatic rings. The summed E-state index contributed by atoms with van der Waals surface area (Å²) in [6.45, 7) is 0. The number of fused-ring (bicyclic) bond motifs is 1. The monoisotopic (exact) mass is 333 g/mol. The first kappa shape index (κ1) is 15.5. The number of aromatic hydroxyl groups is 1. The van der Waals surface area contributed by atoms with E-state index in [0.29, 0.717) is 0 Å². The molecular formula is C21H19NO3. The third-order valence-electron chi connectivity index (χ3n) is 4.94. The Kier molecular flexibility index (Phi) is 3.61. The highest BCUT2D eigenvalue weighted by molar-refractivity contribution is 6.07. The molecule has 4 nitrogen and oxygen atoms in total. The smallest absolute Gasteiger partial charge is 0.235 e. The van der Waals surface area contributed by atoms with Gasteiger partial charge in [-0.25, -0.2) is 0 Å². The second kappa shape index (κ2) is 5.81. The lowest BCUT2D eigenvalue weighted by molar-refractivity contribution is -0.118. The van der Waals surface area contributed by atoms with Crippen molar-refractivity contribution in [3.05, 3.63) is 66.2 Å². The van der Waals surface area contributed by atoms with Crippen molar-refractivity contribution >= 4 is 22.4 Å². The van der Waals surface area contributed by atoms with Crippen LogP contribution in [0.25, 0.3) is 10.8 Å². The van der Waals surface area contributed by atoms with Gasteiger partial charge in [-0.1, -0.05) is 30.3 Å². The van der Waals surface area contributed by atoms with Crippen LogP contribution in [0.3, 0.4) is 0 Å². The van der Waals surface area contributed by atoms with Crippen LogP contribution in [0, 0.1) is 0 Å². The maximum atomic E-state index is 13.0. The summed E-state index contributed by atoms with van der Waals surface area (Å²) >= 11 is 0. The molecule has 0 radical (unpaired) electrons. The fourth-order valence-electron chi connectivity index (χ4n) is 3.29. The van der Waals surface area contributed by atoms with Crippen LogP contribution in [0.5, 0.6) is 11.5 Å². The molecule has 1 saturated carbocycles. The van der Waals surface area contributed by atoms with Crippen LogP contribution in [0.4, 0.5) is 5.69 Å². The first-order valence-electron chi connectivity index (χ1n) is 8.30. The number of carbonyl (C=O) groups is 1. The number of hydrogen-bond acceptors (Lipinski definition) is 3. The van der Waals surface area contributed by atoms with E-state index in [1.165, 1.54) is 0 Å². The lowest BCUT2D eigenvalue weighted by Crippen LogP contribution is -2.27. The maximum Gasteiger partial charge on any atom is 0.235 e. The van der Waals surface area contributed by atoms with E-state index in [9.17, 15) is 9.90 Å². The number of nitrogens with one attached hydrogen (secondary N) is 1. The molecule has 0 bridgehead atoms. The molecule has 4 heteroatoms. The average Bonchev–Trinajstić information content (AvgIpc) is 3.44. The van der Waals surface area contributed by atoms with Gasteiger partial charge >= 0.3 is 0 Å². The number of rotatable bonds is 4. The fourth-order valence-corrected chi connectivity index (χ4v) is 3.29. The lowest BCUT2D eigenvalue weighted by Gasteiger charge is -2.17. The van der Waals surface area contributed by atoms with Gasteiger partial charge in [0.15, 0.2) is 0 Å². The van der Waals surface area contributed by atoms with Gasteiger partial charge < -0.3 is 15.2 Å². The molecule has 0 aliphatic heterocycles. The highest BCUT2D eigenvalue weighted by atomic mass is 16.5. The molecule has 0 heterocycles. The Morgan fingerprint density at radius 2 is 1.84 bits per heavy atom. The summed E-state index contributed by atoms with van der Waals surface area (Å²) in [6, 6.07) is 18.6. The molecule has 1 aliphatic carbocycles. The van der Waals surface area contributed by atoms with Gasteiger partial charge in [0.1, 0.15) is 11.5 Å². The first-order valence-corrected chi connectivity index (χ1v) is 8.30. The summed E-state index contributed by atoms with van der Waals surface area (Å²) in [5.41, 5.74) is 1.26. The van der Waals surface area contributed by atoms with E-state index in [0.717, 1.165) is 40.6 Å². The van der Waals surface area contributed by atoms with Crippen LogP contribution in [-0.4, -0.2) is 18.1 Å². The number of ether oxygens (including phenoxy) is 1. The minimum atomic E-state index is -0.467. The second-order valence-electron chi connectivity index (χ2n) is 6.48. The number of methoxy groups -OCH3 is 1. The van der Waals surface area contributed by atoms with Gasteiger partial charge in [-0.3, -0.25) is 4.79 Å². The van der Waals surface area contributed by atoms with Crippen LogP contribution >= 0.6 is 0 Å². The van der Waals surface area contributed by atoms with Crippen molar-refractivity contribution in [1.82, 2.24) is 0 Å². The predicted molar refractivity (Wildman–Crippen MR) is 98.1 cm³/mol. The molecule has 0 atom stereocenters. The number of phenolic OH excluding ortho intramolecular Hbond substituents is 1. The van der Waals surface area contributed by atoms with Gasteiger partial charge in [-0.2, -0.15) is 0 Å². The van der Waals surface area contributed by atoms with Crippen LogP contribution < -0.4 is 10.1 Å². The highest BCUT2D eigenvalue weighted by Crippen LogP contribution is 2.49. The molecule has 1 fully saturated rings. The first-order chi connectivity index (χ1) is 12.1. The molecule has 2 N–H and O–H groups in total. The zero-order chi connectivity index (χ0) is 17.4. The molecular weight excluding hydrogens is 314 g/mol. The van der Waals surface area contributed by atoms with E-state index < -0.39 is 5.41 Å². The second-order valence-corrected chi connectivity index (χ2v) is 6.48. The SMILES string of the molecule is COc1ccc(C2(C(=O)Nc3cccc4ccc(O)cc34)CC2)cc1. The normalized spacial score (nSPS) is 14.9. The Balaban J connectivity index is 1.65. The van der Waals surface area contributed by atoms with E-state index in [1.807, 2.05) is 48.5 Å². The molecule has 0 unspecified atom stereocenters. The zero-order valence-electron chi connectivity index (χ0n) is 14.0. The van der Waals surface area contributed by atoms with Crippen molar-refractivity contribution in [2.45, 2.75) is 18.3 Å². The van der Waals surface area contributed by atoms with E-state index in [-0.39, 0.29) is 11.7 Å². The van der Waals surface area contributed by atoms with Crippen molar-refractivity contribution in [3.8, 4) is 11.5 Å². The molecule has 1 amide bonds. The van der Waals surface area contributed by atoms with Gasteiger partial charge in [0.2, 0.25) is 5.91 Å². The molecule has 3 aromatic carbocycles. The standard InChI is InChI=1S/C21H19NO3/c1-25-17-9-6-15(7-10-17)21(11-12-21)20(24)22-19-4-2-3-14-5-8-16(23)13-18(14)19/h2-10,13,23H,11-12H2,1H3,(H,22,24). The summed E-state index contributed by atoms with van der Waals surface area (Å²) in [5.74, 6) is 0.962. The van der Waals surface area contributed by atoms with Crippen molar-refractivity contribution in [2.75, 3.05) is 12.4 Å². The topological polar surface area (TPSA) is 58.6 Å². The minimum Gasteiger partial charge on any atom is -0.508 e. The van der Waals surface area contributed by atoms with Gasteiger partial charge in [-0.05, 0) is 54.1 Å². The quantitative estimate of drug-likeness (QED) is 0.751. The average molecular weight is 333 g/mol. The largest absolute Gasteiger partial charge is 0.508 e. The van der Waals surface area contributed by atoms with Crippen LogP contribution in [0.15, 0.2) is 60.7 Å². The number of phenols is 1. The van der Waals surface area contributed by atoms with Gasteiger partial charge in [0, 0.05) is 11.1 Å². The summed E-state index contributed by atoms with van der Waals surface area (Å²) in [6.07, 6.45) is 1.67. The summed E-state index contributed by atoms with van der Waals surface area (Å²) < 4.78 is 5.19. The molecule has 0 spiro atoms. The Morgan fingerprint density at radius 1 is 1.08 bits per heavy atom. The molecule has 0 saturated heterocycles. The highest BCUT2D eigenvalue weighted by Gasteiger charge is 2.51. The lowest BCUT2D eigenvalue weighted by atomic mass is 9.94. The van der Waals surface area contributed by atoms with E-state index >= 15 is 0 Å². The third-order valence-corrected chi connectivity index (χ3v) is 4.94. The van der Waals surface area contributed by atoms with Crippen molar-refractivity contribution in [3.63, 3.8) is 0 Å². The minimum absolute atomic E-state index is 0.00601. The molecule has 3 aromatic rings. The Labute approximate surface area is 146 Å². The van der Waals surface area contributed by atoms with Gasteiger partial charge in [0.05, 0.1) is 12.5 Å². The van der Waals surface area contributed by atoms with Gasteiger partial charge in [0.25, 0.3) is 0 Å². The van der Waals surface area contributed by atoms with Gasteiger partial charge in [-0.15, -0.1) is 0 Å². The fraction of sp³-hybridized carbons (Fsp3) is 0.190. The summed E-state index contributed by atoms with van der Waals surface area (Å²) in [5, 5.41) is 14.6. The molecule has 4 rings (SSSR count). The maximum absolute atomic E-state index is 13.0. The number of anilines is 1. The van der Waals surface area contributed by atoms with E-state index in [1.54, 1.807) is 19.2 Å². The Bertz CT molecular complexity index is 943. The van der Waals surface area contributed by atoms with Crippen molar-refractivity contribution in [1.29, 1.82) is 0 Å². The van der Waals surface area contributed by atoms with E-state index in [2.05, 4.69) is 5.32 Å². The Morgan fingerprint density at radius 3 is 2.52 bits per heavy atom. The zero-order valence-corrected chi connectivity index (χ0v) is 14.0. The van der Waals surface area contributed by atoms with E-state index in [4.69, 9.17) is 4.74 Å². The molecule has 0 aromatic heterocycles. The summed E-state index contributed by atoms with van der Waals surface area (Å²) in [7, 11) is 1.63. The number of hydrogen-bond donors (Lipinski definition) is 2. The molecule has 25 heavy (non-hydrogen) atoms. The van der Waals surface area contributed by atoms with Crippen molar-refractivity contribution in [2.24, 2.45) is 0 Å². The predicted octanol–water partition coefficient (Wildman–Crippen LogP) is 4.22. The summed E-state index contributed by atoms with van der Waals surface area (Å²) in [4.78, 5) is 13.0. The molecule has 126 valence electrons. The third kappa shape index (κ3) is 2.70. The van der Waals surface area contributed by atoms with Crippen LogP contribution in [-0.2, 0) is 10.2 Å². The Hall–Kier alpha value is -3.01. The number of amides is 1. The van der Waals surface area contributed by atoms with Crippen molar-refractivity contribution < 1.29 is 14.6 Å². The van der Waals surface area contributed by atoms with Crippen LogP contribution in [0.2, 0.25) is 0 Å². The number of benzene rings is 3. The van der Waals surface area contributed by atoms with Crippen LogP contribution in [0.1, 0.15) is 18.4 Å².